The fraction of sp³-hybridized carbons (Fsp3) is 0.667. The molecule has 1 unspecified atom stereocenters. The fourth-order valence-electron chi connectivity index (χ4n) is 2.52. The molecule has 0 saturated carbocycles. The lowest BCUT2D eigenvalue weighted by atomic mass is 10.0. The van der Waals surface area contributed by atoms with Crippen LogP contribution in [0.2, 0.25) is 5.02 Å². The van der Waals surface area contributed by atoms with Gasteiger partial charge < -0.3 is 9.64 Å². The monoisotopic (exact) mass is 375 g/mol. The van der Waals surface area contributed by atoms with E-state index in [0.717, 1.165) is 12.8 Å². The van der Waals surface area contributed by atoms with Crippen LogP contribution in [0.15, 0.2) is 17.6 Å². The van der Waals surface area contributed by atoms with E-state index in [4.69, 9.17) is 16.3 Å². The molecule has 0 spiro atoms. The summed E-state index contributed by atoms with van der Waals surface area (Å²) in [6, 6.07) is -0.446. The molecule has 2 heterocycles. The summed E-state index contributed by atoms with van der Waals surface area (Å²) >= 11 is 5.69. The number of sulfone groups is 1. The van der Waals surface area contributed by atoms with Gasteiger partial charge in [0, 0.05) is 12.6 Å². The zero-order chi connectivity index (χ0) is 18.0. The Balaban J connectivity index is 2.15. The lowest BCUT2D eigenvalue weighted by molar-refractivity contribution is 0.0124. The molecule has 24 heavy (non-hydrogen) atoms. The average Bonchev–Trinajstić information content (AvgIpc) is 2.46. The molecule has 0 aromatic carbocycles. The Kier molecular flexibility index (Phi) is 5.70. The molecule has 0 radical (unpaired) electrons. The third-order valence-corrected chi connectivity index (χ3v) is 5.33. The van der Waals surface area contributed by atoms with Crippen molar-refractivity contribution in [3.8, 4) is 0 Å². The highest BCUT2D eigenvalue weighted by molar-refractivity contribution is 7.91. The Hall–Kier alpha value is -1.41. The van der Waals surface area contributed by atoms with Crippen molar-refractivity contribution >= 4 is 27.5 Å². The summed E-state index contributed by atoms with van der Waals surface area (Å²) in [5, 5.41) is -0.0105. The number of amides is 1. The van der Waals surface area contributed by atoms with Gasteiger partial charge >= 0.3 is 6.09 Å². The molecule has 1 aliphatic heterocycles. The van der Waals surface area contributed by atoms with Crippen molar-refractivity contribution in [2.45, 2.75) is 56.8 Å². The van der Waals surface area contributed by atoms with E-state index < -0.39 is 27.6 Å². The van der Waals surface area contributed by atoms with Crippen LogP contribution in [0.3, 0.4) is 0 Å². The molecule has 7 nitrogen and oxygen atoms in total. The van der Waals surface area contributed by atoms with E-state index >= 15 is 0 Å². The van der Waals surface area contributed by atoms with Gasteiger partial charge in [0.2, 0.25) is 15.0 Å². The molecular formula is C15H22ClN3O4S. The predicted molar refractivity (Wildman–Crippen MR) is 89.7 cm³/mol. The minimum Gasteiger partial charge on any atom is -0.444 e. The summed E-state index contributed by atoms with van der Waals surface area (Å²) in [4.78, 5) is 21.4. The molecule has 1 saturated heterocycles. The molecule has 1 aliphatic rings. The molecule has 0 N–H and O–H groups in total. The van der Waals surface area contributed by atoms with Crippen LogP contribution in [-0.4, -0.2) is 53.3 Å². The lowest BCUT2D eigenvalue weighted by Crippen LogP contribution is -2.49. The average molecular weight is 376 g/mol. The molecule has 1 amide bonds. The fourth-order valence-corrected chi connectivity index (χ4v) is 4.05. The summed E-state index contributed by atoms with van der Waals surface area (Å²) in [7, 11) is -3.72. The molecule has 2 rings (SSSR count). The van der Waals surface area contributed by atoms with Crippen LogP contribution in [0.4, 0.5) is 4.79 Å². The highest BCUT2D eigenvalue weighted by Crippen LogP contribution is 2.23. The van der Waals surface area contributed by atoms with Gasteiger partial charge in [-0.05, 0) is 40.0 Å². The maximum absolute atomic E-state index is 12.5. The Morgan fingerprint density at radius 2 is 1.96 bits per heavy atom. The number of piperidine rings is 1. The molecule has 1 aromatic rings. The molecular weight excluding hydrogens is 354 g/mol. The Morgan fingerprint density at radius 3 is 2.54 bits per heavy atom. The van der Waals surface area contributed by atoms with Crippen LogP contribution in [0, 0.1) is 0 Å². The van der Waals surface area contributed by atoms with Crippen LogP contribution < -0.4 is 0 Å². The first-order valence-electron chi connectivity index (χ1n) is 7.78. The van der Waals surface area contributed by atoms with Crippen LogP contribution >= 0.6 is 11.6 Å². The van der Waals surface area contributed by atoms with Gasteiger partial charge in [0.05, 0.1) is 23.2 Å². The lowest BCUT2D eigenvalue weighted by Gasteiger charge is -2.36. The van der Waals surface area contributed by atoms with E-state index in [0.29, 0.717) is 13.0 Å². The molecule has 9 heteroatoms. The van der Waals surface area contributed by atoms with E-state index in [1.54, 1.807) is 20.8 Å². The highest BCUT2D eigenvalue weighted by atomic mass is 35.5. The van der Waals surface area contributed by atoms with Gasteiger partial charge in [0.25, 0.3) is 0 Å². The van der Waals surface area contributed by atoms with Crippen molar-refractivity contribution in [3.05, 3.63) is 17.4 Å². The zero-order valence-electron chi connectivity index (χ0n) is 14.0. The second-order valence-corrected chi connectivity index (χ2v) is 9.15. The van der Waals surface area contributed by atoms with Gasteiger partial charge in [-0.25, -0.2) is 23.2 Å². The van der Waals surface area contributed by atoms with Crippen molar-refractivity contribution in [1.82, 2.24) is 14.9 Å². The maximum Gasteiger partial charge on any atom is 0.410 e. The van der Waals surface area contributed by atoms with Gasteiger partial charge in [0.1, 0.15) is 5.60 Å². The van der Waals surface area contributed by atoms with E-state index in [-0.39, 0.29) is 15.9 Å². The normalized spacial score (nSPS) is 19.2. The Labute approximate surface area is 147 Å². The Morgan fingerprint density at radius 1 is 1.33 bits per heavy atom. The van der Waals surface area contributed by atoms with Crippen LogP contribution in [0.25, 0.3) is 0 Å². The van der Waals surface area contributed by atoms with Crippen LogP contribution in [-0.2, 0) is 14.6 Å². The second-order valence-electron chi connectivity index (χ2n) is 6.79. The highest BCUT2D eigenvalue weighted by Gasteiger charge is 2.34. The number of hydrogen-bond donors (Lipinski definition) is 0. The second kappa shape index (κ2) is 7.23. The first-order valence-corrected chi connectivity index (χ1v) is 9.81. The number of ether oxygens (including phenoxy) is 1. The smallest absolute Gasteiger partial charge is 0.410 e. The summed E-state index contributed by atoms with van der Waals surface area (Å²) in [5.41, 5.74) is -0.628. The first-order chi connectivity index (χ1) is 11.1. The van der Waals surface area contributed by atoms with Gasteiger partial charge in [-0.2, -0.15) is 0 Å². The van der Waals surface area contributed by atoms with E-state index in [1.807, 2.05) is 0 Å². The minimum absolute atomic E-state index is 0.228. The van der Waals surface area contributed by atoms with Crippen molar-refractivity contribution in [2.75, 3.05) is 12.3 Å². The van der Waals surface area contributed by atoms with E-state index in [1.165, 1.54) is 17.3 Å². The predicted octanol–water partition coefficient (Wildman–Crippen LogP) is 2.69. The number of carbonyl (C=O) groups is 1. The van der Waals surface area contributed by atoms with Gasteiger partial charge in [0.15, 0.2) is 0 Å². The quantitative estimate of drug-likeness (QED) is 0.754. The first kappa shape index (κ1) is 18.9. The topological polar surface area (TPSA) is 89.5 Å². The number of rotatable bonds is 3. The summed E-state index contributed by atoms with van der Waals surface area (Å²) in [5.74, 6) is -0.228. The zero-order valence-corrected chi connectivity index (χ0v) is 15.6. The molecule has 0 aliphatic carbocycles. The summed E-state index contributed by atoms with van der Waals surface area (Å²) < 4.78 is 30.4. The molecule has 1 aromatic heterocycles. The number of likely N-dealkylation sites (tertiary alicyclic amines) is 1. The maximum atomic E-state index is 12.5. The van der Waals surface area contributed by atoms with Crippen LogP contribution in [0.5, 0.6) is 0 Å². The number of hydrogen-bond acceptors (Lipinski definition) is 6. The molecule has 1 fully saturated rings. The Bertz CT molecular complexity index is 686. The number of nitrogens with zero attached hydrogens (tertiary/aromatic N) is 3. The van der Waals surface area contributed by atoms with Crippen molar-refractivity contribution < 1.29 is 17.9 Å². The third-order valence-electron chi connectivity index (χ3n) is 3.54. The van der Waals surface area contributed by atoms with Gasteiger partial charge in [-0.3, -0.25) is 0 Å². The number of aromatic nitrogens is 2. The molecule has 1 atom stereocenters. The van der Waals surface area contributed by atoms with E-state index in [2.05, 4.69) is 9.97 Å². The van der Waals surface area contributed by atoms with Crippen molar-refractivity contribution in [3.63, 3.8) is 0 Å². The van der Waals surface area contributed by atoms with Gasteiger partial charge in [-0.1, -0.05) is 11.6 Å². The molecule has 134 valence electrons. The third kappa shape index (κ3) is 5.04. The standard InChI is InChI=1S/C15H22ClN3O4S/c1-15(2,3)23-14(20)19-7-5-4-6-12(19)10-24(21,22)13-17-8-11(16)9-18-13/h8-9,12H,4-7,10H2,1-3H3. The van der Waals surface area contributed by atoms with Crippen molar-refractivity contribution in [2.24, 2.45) is 0 Å². The van der Waals surface area contributed by atoms with E-state index in [9.17, 15) is 13.2 Å². The van der Waals surface area contributed by atoms with Crippen LogP contribution in [0.1, 0.15) is 40.0 Å². The van der Waals surface area contributed by atoms with Gasteiger partial charge in [-0.15, -0.1) is 0 Å². The molecule has 0 bridgehead atoms. The largest absolute Gasteiger partial charge is 0.444 e. The minimum atomic E-state index is -3.72. The number of carbonyl (C=O) groups excluding carboxylic acids is 1. The van der Waals surface area contributed by atoms with Crippen molar-refractivity contribution in [1.29, 1.82) is 0 Å². The summed E-state index contributed by atoms with van der Waals surface area (Å²) in [6.07, 6.45) is 4.29. The summed E-state index contributed by atoms with van der Waals surface area (Å²) in [6.45, 7) is 5.82. The SMILES string of the molecule is CC(C)(C)OC(=O)N1CCCCC1CS(=O)(=O)c1ncc(Cl)cn1. The number of halogens is 1.